The summed E-state index contributed by atoms with van der Waals surface area (Å²) < 4.78 is 6.72. The molecule has 0 fully saturated rings. The third-order valence-corrected chi connectivity index (χ3v) is 4.81. The molecule has 0 bridgehead atoms. The number of hydrogen-bond acceptors (Lipinski definition) is 5. The van der Waals surface area contributed by atoms with Gasteiger partial charge in [-0.05, 0) is 31.2 Å². The number of fused-ring (bicyclic) bond motifs is 1. The number of hydrogen-bond donors (Lipinski definition) is 1. The highest BCUT2D eigenvalue weighted by atomic mass is 32.2. The van der Waals surface area contributed by atoms with Gasteiger partial charge in [-0.25, -0.2) is 4.98 Å². The minimum Gasteiger partial charge on any atom is -0.497 e. The van der Waals surface area contributed by atoms with Crippen molar-refractivity contribution in [2.24, 2.45) is 0 Å². The van der Waals surface area contributed by atoms with E-state index in [9.17, 15) is 9.59 Å². The Balaban J connectivity index is 1.70. The predicted molar refractivity (Wildman–Crippen MR) is 89.2 cm³/mol. The topological polar surface area (TPSA) is 73.2 Å². The molecular weight excluding hydrogens is 314 g/mol. The lowest BCUT2D eigenvalue weighted by atomic mass is 10.2. The van der Waals surface area contributed by atoms with Crippen LogP contribution in [0.5, 0.6) is 5.75 Å². The van der Waals surface area contributed by atoms with Crippen molar-refractivity contribution < 1.29 is 9.53 Å². The second-order valence-electron chi connectivity index (χ2n) is 5.34. The lowest BCUT2D eigenvalue weighted by molar-refractivity contribution is -0.116. The van der Waals surface area contributed by atoms with Crippen LogP contribution in [-0.4, -0.2) is 28.3 Å². The fourth-order valence-electron chi connectivity index (χ4n) is 2.47. The van der Waals surface area contributed by atoms with E-state index in [1.165, 1.54) is 11.8 Å². The molecule has 0 saturated heterocycles. The Labute approximate surface area is 137 Å². The van der Waals surface area contributed by atoms with Crippen LogP contribution in [0.4, 0.5) is 5.69 Å². The number of amides is 1. The molecule has 23 heavy (non-hydrogen) atoms. The second-order valence-corrected chi connectivity index (χ2v) is 6.33. The monoisotopic (exact) mass is 331 g/mol. The summed E-state index contributed by atoms with van der Waals surface area (Å²) in [6.07, 6.45) is 1.83. The highest BCUT2D eigenvalue weighted by Gasteiger charge is 2.27. The summed E-state index contributed by atoms with van der Waals surface area (Å²) in [6.45, 7) is 1.74. The number of nitrogens with one attached hydrogen (secondary N) is 1. The second kappa shape index (κ2) is 6.45. The zero-order valence-electron chi connectivity index (χ0n) is 12.9. The summed E-state index contributed by atoms with van der Waals surface area (Å²) >= 11 is 1.51. The number of methoxy groups -OCH3 is 1. The molecule has 1 aromatic heterocycles. The molecule has 1 N–H and O–H groups in total. The molecule has 6 nitrogen and oxygen atoms in total. The molecule has 1 aliphatic heterocycles. The minimum atomic E-state index is -0.159. The van der Waals surface area contributed by atoms with Crippen LogP contribution in [0.15, 0.2) is 40.4 Å². The van der Waals surface area contributed by atoms with Gasteiger partial charge in [-0.15, -0.1) is 0 Å². The molecule has 0 saturated carbocycles. The third kappa shape index (κ3) is 3.24. The van der Waals surface area contributed by atoms with E-state index in [1.54, 1.807) is 49.1 Å². The number of thioether (sulfide) groups is 1. The van der Waals surface area contributed by atoms with E-state index in [1.807, 2.05) is 0 Å². The van der Waals surface area contributed by atoms with E-state index < -0.39 is 0 Å². The van der Waals surface area contributed by atoms with E-state index >= 15 is 0 Å². The summed E-state index contributed by atoms with van der Waals surface area (Å²) in [7, 11) is 1.59. The molecule has 2 aromatic rings. The zero-order valence-corrected chi connectivity index (χ0v) is 13.7. The van der Waals surface area contributed by atoms with E-state index in [4.69, 9.17) is 4.74 Å². The van der Waals surface area contributed by atoms with Gasteiger partial charge < -0.3 is 10.1 Å². The van der Waals surface area contributed by atoms with E-state index in [-0.39, 0.29) is 23.9 Å². The summed E-state index contributed by atoms with van der Waals surface area (Å²) in [4.78, 5) is 28.7. The number of carbonyl (C=O) groups excluding carboxylic acids is 1. The van der Waals surface area contributed by atoms with Crippen molar-refractivity contribution in [3.05, 3.63) is 46.4 Å². The fraction of sp³-hybridized carbons (Fsp3) is 0.312. The van der Waals surface area contributed by atoms with Crippen molar-refractivity contribution in [1.82, 2.24) is 9.55 Å². The van der Waals surface area contributed by atoms with Crippen LogP contribution in [0, 0.1) is 6.92 Å². The number of benzene rings is 1. The third-order valence-electron chi connectivity index (χ3n) is 3.70. The smallest absolute Gasteiger partial charge is 0.257 e. The van der Waals surface area contributed by atoms with Crippen LogP contribution in [0.3, 0.4) is 0 Å². The minimum absolute atomic E-state index is 0.0674. The van der Waals surface area contributed by atoms with E-state index in [0.29, 0.717) is 22.2 Å². The first-order valence-corrected chi connectivity index (χ1v) is 8.22. The van der Waals surface area contributed by atoms with Gasteiger partial charge in [0.05, 0.1) is 13.2 Å². The number of aryl methyl sites for hydroxylation is 1. The largest absolute Gasteiger partial charge is 0.497 e. The summed E-state index contributed by atoms with van der Waals surface area (Å²) in [5, 5.41) is 3.53. The number of anilines is 1. The molecule has 120 valence electrons. The van der Waals surface area contributed by atoms with Crippen LogP contribution >= 0.6 is 11.8 Å². The maximum absolute atomic E-state index is 12.2. The lowest BCUT2D eigenvalue weighted by Crippen LogP contribution is -2.28. The molecule has 0 radical (unpaired) electrons. The molecule has 0 spiro atoms. The maximum atomic E-state index is 12.2. The molecule has 1 aliphatic rings. The van der Waals surface area contributed by atoms with Crippen LogP contribution in [0.25, 0.3) is 0 Å². The van der Waals surface area contributed by atoms with Gasteiger partial charge in [-0.1, -0.05) is 11.8 Å². The first-order chi connectivity index (χ1) is 11.1. The standard InChI is InChI=1S/C16H17N3O3S/c1-10-8-17-16-19(15(10)21)12(9-23-16)7-14(20)18-11-3-5-13(22-2)6-4-11/h3-6,8,12H,7,9H2,1-2H3,(H,18,20)/t12-/m0/s1. The number of carbonyl (C=O) groups is 1. The Morgan fingerprint density at radius 2 is 2.17 bits per heavy atom. The zero-order chi connectivity index (χ0) is 16.4. The van der Waals surface area contributed by atoms with Crippen molar-refractivity contribution in [3.63, 3.8) is 0 Å². The predicted octanol–water partition coefficient (Wildman–Crippen LogP) is 2.24. The Morgan fingerprint density at radius 1 is 1.43 bits per heavy atom. The lowest BCUT2D eigenvalue weighted by Gasteiger charge is -2.13. The molecule has 2 heterocycles. The van der Waals surface area contributed by atoms with Gasteiger partial charge >= 0.3 is 0 Å². The van der Waals surface area contributed by atoms with E-state index in [0.717, 1.165) is 5.75 Å². The van der Waals surface area contributed by atoms with Crippen molar-refractivity contribution >= 4 is 23.4 Å². The normalized spacial score (nSPS) is 16.0. The SMILES string of the molecule is COc1ccc(NC(=O)C[C@H]2CSc3ncc(C)c(=O)n32)cc1. The number of nitrogens with zero attached hydrogens (tertiary/aromatic N) is 2. The van der Waals surface area contributed by atoms with Crippen molar-refractivity contribution in [2.75, 3.05) is 18.2 Å². The average Bonchev–Trinajstić information content (AvgIpc) is 2.95. The van der Waals surface area contributed by atoms with Crippen molar-refractivity contribution in [3.8, 4) is 5.75 Å². The highest BCUT2D eigenvalue weighted by molar-refractivity contribution is 7.99. The van der Waals surface area contributed by atoms with Crippen molar-refractivity contribution in [1.29, 1.82) is 0 Å². The van der Waals surface area contributed by atoms with E-state index in [2.05, 4.69) is 10.3 Å². The number of aromatic nitrogens is 2. The molecule has 0 unspecified atom stereocenters. The van der Waals surface area contributed by atoms with Crippen LogP contribution in [0.2, 0.25) is 0 Å². The van der Waals surface area contributed by atoms with Crippen molar-refractivity contribution in [2.45, 2.75) is 24.5 Å². The summed E-state index contributed by atoms with van der Waals surface area (Å²) in [5.74, 6) is 1.29. The van der Waals surface area contributed by atoms with Gasteiger partial charge in [-0.2, -0.15) is 0 Å². The molecule has 0 aliphatic carbocycles. The van der Waals surface area contributed by atoms with Gasteiger partial charge in [0.2, 0.25) is 5.91 Å². The quantitative estimate of drug-likeness (QED) is 0.870. The van der Waals surface area contributed by atoms with Crippen LogP contribution in [0.1, 0.15) is 18.0 Å². The maximum Gasteiger partial charge on any atom is 0.257 e. The first-order valence-electron chi connectivity index (χ1n) is 7.23. The van der Waals surface area contributed by atoms with Gasteiger partial charge in [0.25, 0.3) is 5.56 Å². The summed E-state index contributed by atoms with van der Waals surface area (Å²) in [6, 6.07) is 6.98. The first kappa shape index (κ1) is 15.6. The molecule has 1 atom stereocenters. The van der Waals surface area contributed by atoms with Gasteiger partial charge in [-0.3, -0.25) is 14.2 Å². The Hall–Kier alpha value is -2.28. The molecule has 7 heteroatoms. The Morgan fingerprint density at radius 3 is 2.87 bits per heavy atom. The molecule has 1 aromatic carbocycles. The fourth-order valence-corrected chi connectivity index (χ4v) is 3.58. The Bertz CT molecular complexity index is 786. The van der Waals surface area contributed by atoms with Crippen LogP contribution in [-0.2, 0) is 4.79 Å². The number of ether oxygens (including phenoxy) is 1. The molecular formula is C16H17N3O3S. The Kier molecular flexibility index (Phi) is 4.38. The molecule has 3 rings (SSSR count). The van der Waals surface area contributed by atoms with Gasteiger partial charge in [0.1, 0.15) is 5.75 Å². The average molecular weight is 331 g/mol. The summed E-state index contributed by atoms with van der Waals surface area (Å²) in [5.41, 5.74) is 1.23. The molecule has 1 amide bonds. The highest BCUT2D eigenvalue weighted by Crippen LogP contribution is 2.32. The number of rotatable bonds is 4. The van der Waals surface area contributed by atoms with Gasteiger partial charge in [0, 0.05) is 29.6 Å². The van der Waals surface area contributed by atoms with Crippen LogP contribution < -0.4 is 15.6 Å². The van der Waals surface area contributed by atoms with Gasteiger partial charge in [0.15, 0.2) is 5.16 Å².